The van der Waals surface area contributed by atoms with Gasteiger partial charge in [-0.05, 0) is 24.5 Å². The van der Waals surface area contributed by atoms with Crippen LogP contribution < -0.4 is 10.1 Å². The quantitative estimate of drug-likeness (QED) is 0.866. The maximum Gasteiger partial charge on any atom is 0.257 e. The summed E-state index contributed by atoms with van der Waals surface area (Å²) in [5.74, 6) is 0.391. The molecule has 0 unspecified atom stereocenters. The SMILES string of the molecule is COc1ccccc1C(=O)N1CCN2C(=O)[C@@H](CC(C)C)NC(=O)[C@H]2C1. The average Bonchev–Trinajstić information content (AvgIpc) is 2.64. The normalized spacial score (nSPS) is 22.9. The third-order valence-corrected chi connectivity index (χ3v) is 4.91. The van der Waals surface area contributed by atoms with Crippen molar-refractivity contribution >= 4 is 17.7 Å². The molecule has 7 heteroatoms. The number of carbonyl (C=O) groups excluding carboxylic acids is 3. The van der Waals surface area contributed by atoms with E-state index in [0.717, 1.165) is 0 Å². The first-order valence-electron chi connectivity index (χ1n) is 8.95. The number of nitrogens with one attached hydrogen (secondary N) is 1. The molecule has 0 aromatic heterocycles. The van der Waals surface area contributed by atoms with Gasteiger partial charge in [0, 0.05) is 13.1 Å². The minimum absolute atomic E-state index is 0.0484. The number of rotatable bonds is 4. The molecule has 0 spiro atoms. The van der Waals surface area contributed by atoms with Crippen molar-refractivity contribution in [1.82, 2.24) is 15.1 Å². The third kappa shape index (κ3) is 3.38. The zero-order chi connectivity index (χ0) is 18.8. The molecule has 0 aliphatic carbocycles. The Morgan fingerprint density at radius 2 is 2.00 bits per heavy atom. The second-order valence-electron chi connectivity index (χ2n) is 7.19. The lowest BCUT2D eigenvalue weighted by molar-refractivity contribution is -0.152. The third-order valence-electron chi connectivity index (χ3n) is 4.91. The first-order valence-corrected chi connectivity index (χ1v) is 8.95. The molecule has 1 N–H and O–H groups in total. The molecule has 0 saturated carbocycles. The van der Waals surface area contributed by atoms with Gasteiger partial charge in [-0.3, -0.25) is 14.4 Å². The molecule has 26 heavy (non-hydrogen) atoms. The number of methoxy groups -OCH3 is 1. The Labute approximate surface area is 153 Å². The van der Waals surface area contributed by atoms with Crippen molar-refractivity contribution in [2.45, 2.75) is 32.4 Å². The lowest BCUT2D eigenvalue weighted by atomic mass is 9.97. The second-order valence-corrected chi connectivity index (χ2v) is 7.19. The molecule has 2 aliphatic rings. The van der Waals surface area contributed by atoms with E-state index in [1.807, 2.05) is 13.8 Å². The van der Waals surface area contributed by atoms with Crippen molar-refractivity contribution in [2.75, 3.05) is 26.7 Å². The van der Waals surface area contributed by atoms with Crippen LogP contribution in [0.25, 0.3) is 0 Å². The van der Waals surface area contributed by atoms with Crippen LogP contribution in [-0.4, -0.2) is 66.3 Å². The number of fused-ring (bicyclic) bond motifs is 1. The minimum atomic E-state index is -0.627. The number of amides is 3. The first kappa shape index (κ1) is 18.2. The highest BCUT2D eigenvalue weighted by atomic mass is 16.5. The monoisotopic (exact) mass is 359 g/mol. The molecule has 3 amide bonds. The van der Waals surface area contributed by atoms with Crippen molar-refractivity contribution in [1.29, 1.82) is 0 Å². The van der Waals surface area contributed by atoms with E-state index in [9.17, 15) is 14.4 Å². The molecular weight excluding hydrogens is 334 g/mol. The van der Waals surface area contributed by atoms with Gasteiger partial charge in [-0.2, -0.15) is 0 Å². The van der Waals surface area contributed by atoms with E-state index in [4.69, 9.17) is 4.74 Å². The topological polar surface area (TPSA) is 79.0 Å². The lowest BCUT2D eigenvalue weighted by Crippen LogP contribution is -2.69. The van der Waals surface area contributed by atoms with Crippen LogP contribution in [0.3, 0.4) is 0 Å². The predicted octanol–water partition coefficient (Wildman–Crippen LogP) is 0.893. The Bertz CT molecular complexity index is 718. The molecule has 0 bridgehead atoms. The number of piperazine rings is 2. The van der Waals surface area contributed by atoms with Crippen LogP contribution in [0.5, 0.6) is 5.75 Å². The standard InChI is InChI=1S/C19H25N3O4/c1-12(2)10-14-19(25)22-9-8-21(11-15(22)17(23)20-14)18(24)13-6-4-5-7-16(13)26-3/h4-7,12,14-15H,8-11H2,1-3H3,(H,20,23)/t14-,15-/m1/s1. The van der Waals surface area contributed by atoms with Crippen molar-refractivity contribution in [3.05, 3.63) is 29.8 Å². The number of para-hydroxylation sites is 1. The summed E-state index contributed by atoms with van der Waals surface area (Å²) < 4.78 is 5.26. The highest BCUT2D eigenvalue weighted by molar-refractivity contribution is 6.00. The molecule has 0 radical (unpaired) electrons. The molecule has 140 valence electrons. The van der Waals surface area contributed by atoms with E-state index in [1.54, 1.807) is 34.1 Å². The molecule has 3 rings (SSSR count). The number of hydrogen-bond acceptors (Lipinski definition) is 4. The fourth-order valence-corrected chi connectivity index (χ4v) is 3.61. The van der Waals surface area contributed by atoms with Crippen LogP contribution in [0.15, 0.2) is 24.3 Å². The Kier molecular flexibility index (Phi) is 5.15. The van der Waals surface area contributed by atoms with Crippen molar-refractivity contribution in [3.8, 4) is 5.75 Å². The molecule has 1 aromatic rings. The number of ether oxygens (including phenoxy) is 1. The number of carbonyl (C=O) groups is 3. The van der Waals surface area contributed by atoms with Crippen molar-refractivity contribution < 1.29 is 19.1 Å². The van der Waals surface area contributed by atoms with Gasteiger partial charge in [-0.1, -0.05) is 26.0 Å². The molecule has 2 heterocycles. The van der Waals surface area contributed by atoms with Gasteiger partial charge in [0.25, 0.3) is 5.91 Å². The summed E-state index contributed by atoms with van der Waals surface area (Å²) in [4.78, 5) is 41.3. The van der Waals surface area contributed by atoms with E-state index < -0.39 is 12.1 Å². The fourth-order valence-electron chi connectivity index (χ4n) is 3.61. The Morgan fingerprint density at radius 1 is 1.27 bits per heavy atom. The van der Waals surface area contributed by atoms with E-state index in [-0.39, 0.29) is 24.3 Å². The molecule has 2 aliphatic heterocycles. The highest BCUT2D eigenvalue weighted by Gasteiger charge is 2.44. The summed E-state index contributed by atoms with van der Waals surface area (Å²) in [5, 5.41) is 2.83. The minimum Gasteiger partial charge on any atom is -0.496 e. The van der Waals surface area contributed by atoms with Crippen LogP contribution in [-0.2, 0) is 9.59 Å². The van der Waals surface area contributed by atoms with E-state index in [1.165, 1.54) is 7.11 Å². The Balaban J connectivity index is 1.75. The van der Waals surface area contributed by atoms with Crippen LogP contribution in [0, 0.1) is 5.92 Å². The molecule has 7 nitrogen and oxygen atoms in total. The zero-order valence-electron chi connectivity index (χ0n) is 15.4. The molecule has 2 saturated heterocycles. The first-order chi connectivity index (χ1) is 12.4. The van der Waals surface area contributed by atoms with Gasteiger partial charge in [0.15, 0.2) is 0 Å². The van der Waals surface area contributed by atoms with Gasteiger partial charge < -0.3 is 19.9 Å². The molecular formula is C19H25N3O4. The van der Waals surface area contributed by atoms with Gasteiger partial charge >= 0.3 is 0 Å². The maximum absolute atomic E-state index is 12.9. The number of nitrogens with zero attached hydrogens (tertiary/aromatic N) is 2. The Hall–Kier alpha value is -2.57. The predicted molar refractivity (Wildman–Crippen MR) is 95.8 cm³/mol. The van der Waals surface area contributed by atoms with Gasteiger partial charge in [-0.15, -0.1) is 0 Å². The van der Waals surface area contributed by atoms with Gasteiger partial charge in [0.2, 0.25) is 11.8 Å². The maximum atomic E-state index is 12.9. The Morgan fingerprint density at radius 3 is 2.69 bits per heavy atom. The lowest BCUT2D eigenvalue weighted by Gasteiger charge is -2.45. The van der Waals surface area contributed by atoms with Gasteiger partial charge in [-0.25, -0.2) is 0 Å². The summed E-state index contributed by atoms with van der Waals surface area (Å²) in [7, 11) is 1.52. The second kappa shape index (κ2) is 7.35. The average molecular weight is 359 g/mol. The molecule has 2 atom stereocenters. The van der Waals surface area contributed by atoms with E-state index in [0.29, 0.717) is 36.7 Å². The van der Waals surface area contributed by atoms with E-state index in [2.05, 4.69) is 5.32 Å². The number of hydrogen-bond donors (Lipinski definition) is 1. The fraction of sp³-hybridized carbons (Fsp3) is 0.526. The number of benzene rings is 1. The highest BCUT2D eigenvalue weighted by Crippen LogP contribution is 2.23. The summed E-state index contributed by atoms with van der Waals surface area (Å²) in [5.41, 5.74) is 0.462. The van der Waals surface area contributed by atoms with Crippen LogP contribution in [0.1, 0.15) is 30.6 Å². The van der Waals surface area contributed by atoms with Crippen LogP contribution in [0.4, 0.5) is 0 Å². The summed E-state index contributed by atoms with van der Waals surface area (Å²) in [6, 6.07) is 5.93. The molecule has 2 fully saturated rings. The van der Waals surface area contributed by atoms with Crippen LogP contribution in [0.2, 0.25) is 0 Å². The largest absolute Gasteiger partial charge is 0.496 e. The van der Waals surface area contributed by atoms with Gasteiger partial charge in [0.1, 0.15) is 17.8 Å². The summed E-state index contributed by atoms with van der Waals surface area (Å²) in [6.07, 6.45) is 0.623. The van der Waals surface area contributed by atoms with Gasteiger partial charge in [0.05, 0.1) is 19.2 Å². The smallest absolute Gasteiger partial charge is 0.257 e. The van der Waals surface area contributed by atoms with Crippen molar-refractivity contribution in [3.63, 3.8) is 0 Å². The van der Waals surface area contributed by atoms with E-state index >= 15 is 0 Å². The zero-order valence-corrected chi connectivity index (χ0v) is 15.4. The molecule has 1 aromatic carbocycles. The summed E-state index contributed by atoms with van der Waals surface area (Å²) in [6.45, 7) is 5.01. The summed E-state index contributed by atoms with van der Waals surface area (Å²) >= 11 is 0. The van der Waals surface area contributed by atoms with Crippen LogP contribution >= 0.6 is 0 Å². The van der Waals surface area contributed by atoms with Crippen molar-refractivity contribution in [2.24, 2.45) is 5.92 Å².